The van der Waals surface area contributed by atoms with Gasteiger partial charge < -0.3 is 14.6 Å². The molecule has 1 amide bonds. The van der Waals surface area contributed by atoms with Crippen molar-refractivity contribution in [1.29, 1.82) is 0 Å². The predicted octanol–water partition coefficient (Wildman–Crippen LogP) is 1.91. The molecule has 1 N–H and O–H groups in total. The number of fused-ring (bicyclic) bond motifs is 2. The van der Waals surface area contributed by atoms with E-state index in [4.69, 9.17) is 9.72 Å². The van der Waals surface area contributed by atoms with Crippen molar-refractivity contribution in [3.63, 3.8) is 0 Å². The number of amides is 1. The second kappa shape index (κ2) is 9.82. The molecule has 3 aromatic rings. The summed E-state index contributed by atoms with van der Waals surface area (Å²) in [6.45, 7) is 3.40. The lowest BCUT2D eigenvalue weighted by molar-refractivity contribution is -0.641. The van der Waals surface area contributed by atoms with Crippen molar-refractivity contribution < 1.29 is 27.1 Å². The molecule has 0 bridgehead atoms. The summed E-state index contributed by atoms with van der Waals surface area (Å²) in [6, 6.07) is 13.8. The molecule has 0 spiro atoms. The summed E-state index contributed by atoms with van der Waals surface area (Å²) in [5.74, 6) is -0.00836. The number of benzene rings is 2. The van der Waals surface area contributed by atoms with Crippen LogP contribution in [0.1, 0.15) is 26.2 Å². The zero-order valence-corrected chi connectivity index (χ0v) is 17.7. The van der Waals surface area contributed by atoms with E-state index < -0.39 is 15.9 Å². The van der Waals surface area contributed by atoms with E-state index in [9.17, 15) is 17.8 Å². The van der Waals surface area contributed by atoms with Gasteiger partial charge in [0, 0.05) is 30.9 Å². The normalized spacial score (nSPS) is 11.7. The van der Waals surface area contributed by atoms with Gasteiger partial charge in [0.2, 0.25) is 16.9 Å². The average molecular weight is 432 g/mol. The molecule has 2 aromatic carbocycles. The van der Waals surface area contributed by atoms with Crippen LogP contribution in [0.3, 0.4) is 0 Å². The topological polar surface area (TPSA) is 112 Å². The molecule has 0 saturated heterocycles. The van der Waals surface area contributed by atoms with Crippen molar-refractivity contribution in [3.8, 4) is 5.75 Å². The van der Waals surface area contributed by atoms with Gasteiger partial charge in [0.25, 0.3) is 0 Å². The molecule has 3 rings (SSSR count). The first kappa shape index (κ1) is 21.9. The Hall–Kier alpha value is -2.78. The molecule has 0 aliphatic rings. The van der Waals surface area contributed by atoms with E-state index in [1.807, 2.05) is 42.5 Å². The van der Waals surface area contributed by atoms with Gasteiger partial charge in [-0.15, -0.1) is 0 Å². The molecule has 0 aliphatic heterocycles. The van der Waals surface area contributed by atoms with Crippen LogP contribution in [-0.4, -0.2) is 42.8 Å². The molecule has 9 heteroatoms. The van der Waals surface area contributed by atoms with Gasteiger partial charge in [-0.25, -0.2) is 13.4 Å². The number of hydrogen-bond donors (Lipinski definition) is 1. The molecule has 1 heterocycles. The minimum Gasteiger partial charge on any atom is -0.748 e. The van der Waals surface area contributed by atoms with Gasteiger partial charge >= 0.3 is 0 Å². The smallest absolute Gasteiger partial charge is 0.235 e. The number of hydrogen-bond acceptors (Lipinski definition) is 6. The van der Waals surface area contributed by atoms with E-state index in [2.05, 4.69) is 16.8 Å². The van der Waals surface area contributed by atoms with Crippen LogP contribution in [0.4, 0.5) is 0 Å². The number of nitrogens with zero attached hydrogens (tertiary/aromatic N) is 2. The summed E-state index contributed by atoms with van der Waals surface area (Å²) in [7, 11) is -4.24. The Balaban J connectivity index is 1.59. The molecule has 0 saturated carbocycles. The molecule has 0 atom stereocenters. The van der Waals surface area contributed by atoms with Crippen LogP contribution in [0.25, 0.3) is 22.1 Å². The summed E-state index contributed by atoms with van der Waals surface area (Å²) < 4.78 is 39.7. The SMILES string of the molecule is CC[n+]1c2ccccc2nc2c(OCCCC(=O)NCCCS(=O)(=O)[O-])cccc21. The summed E-state index contributed by atoms with van der Waals surface area (Å²) in [6.07, 6.45) is 0.866. The number of aromatic nitrogens is 2. The first-order chi connectivity index (χ1) is 14.4. The zero-order valence-electron chi connectivity index (χ0n) is 16.8. The number of para-hydroxylation sites is 3. The number of carbonyl (C=O) groups is 1. The molecule has 1 aromatic heterocycles. The largest absolute Gasteiger partial charge is 0.748 e. The fourth-order valence-corrected chi connectivity index (χ4v) is 3.81. The predicted molar refractivity (Wildman–Crippen MR) is 112 cm³/mol. The van der Waals surface area contributed by atoms with Crippen LogP contribution in [0.15, 0.2) is 42.5 Å². The van der Waals surface area contributed by atoms with Crippen molar-refractivity contribution in [2.45, 2.75) is 32.7 Å². The van der Waals surface area contributed by atoms with Crippen molar-refractivity contribution >= 4 is 38.1 Å². The first-order valence-corrected chi connectivity index (χ1v) is 11.5. The fraction of sp³-hybridized carbons (Fsp3) is 0.381. The molecule has 160 valence electrons. The third-order valence-electron chi connectivity index (χ3n) is 4.69. The quantitative estimate of drug-likeness (QED) is 0.227. The molecular weight excluding hydrogens is 406 g/mol. The molecule has 0 aliphatic carbocycles. The Morgan fingerprint density at radius 1 is 1.13 bits per heavy atom. The molecular formula is C21H25N3O5S. The van der Waals surface area contributed by atoms with E-state index in [-0.39, 0.29) is 25.3 Å². The number of nitrogens with one attached hydrogen (secondary N) is 1. The number of ether oxygens (including phenoxy) is 1. The minimum absolute atomic E-state index is 0.112. The Morgan fingerprint density at radius 2 is 1.90 bits per heavy atom. The lowest BCUT2D eigenvalue weighted by Gasteiger charge is -2.10. The van der Waals surface area contributed by atoms with Crippen LogP contribution in [-0.2, 0) is 21.5 Å². The van der Waals surface area contributed by atoms with E-state index in [1.165, 1.54) is 0 Å². The maximum Gasteiger partial charge on any atom is 0.235 e. The van der Waals surface area contributed by atoms with E-state index >= 15 is 0 Å². The summed E-state index contributed by atoms with van der Waals surface area (Å²) in [5.41, 5.74) is 3.72. The second-order valence-electron chi connectivity index (χ2n) is 6.89. The third kappa shape index (κ3) is 5.64. The summed E-state index contributed by atoms with van der Waals surface area (Å²) >= 11 is 0. The van der Waals surface area contributed by atoms with Gasteiger partial charge in [-0.05, 0) is 31.9 Å². The molecule has 0 radical (unpaired) electrons. The average Bonchev–Trinajstić information content (AvgIpc) is 2.72. The van der Waals surface area contributed by atoms with Crippen LogP contribution in [0, 0.1) is 0 Å². The maximum atomic E-state index is 11.8. The lowest BCUT2D eigenvalue weighted by Crippen LogP contribution is -2.34. The summed E-state index contributed by atoms with van der Waals surface area (Å²) in [5, 5.41) is 2.61. The van der Waals surface area contributed by atoms with Gasteiger partial charge in [0.05, 0.1) is 16.7 Å². The van der Waals surface area contributed by atoms with Gasteiger partial charge in [-0.1, -0.05) is 18.2 Å². The molecule has 8 nitrogen and oxygen atoms in total. The van der Waals surface area contributed by atoms with Crippen molar-refractivity contribution in [2.75, 3.05) is 18.9 Å². The zero-order chi connectivity index (χ0) is 21.6. The van der Waals surface area contributed by atoms with Gasteiger partial charge in [0.1, 0.15) is 12.1 Å². The first-order valence-electron chi connectivity index (χ1n) is 9.93. The Bertz CT molecular complexity index is 1150. The standard InChI is InChI=1S/C21H25N3O5S/c1-2-24-17-9-4-3-8-16(17)23-21-18(24)10-5-11-19(21)29-14-6-12-20(25)22-13-7-15-30(26,27)28/h3-5,8-11H,2,6-7,12-15H2,1H3,(H-,22,25,26,27,28). The van der Waals surface area contributed by atoms with Crippen molar-refractivity contribution in [3.05, 3.63) is 42.5 Å². The second-order valence-corrected chi connectivity index (χ2v) is 8.41. The van der Waals surface area contributed by atoms with E-state index in [0.29, 0.717) is 18.8 Å². The molecule has 30 heavy (non-hydrogen) atoms. The van der Waals surface area contributed by atoms with E-state index in [1.54, 1.807) is 0 Å². The van der Waals surface area contributed by atoms with Gasteiger partial charge in [0.15, 0.2) is 11.3 Å². The van der Waals surface area contributed by atoms with Crippen molar-refractivity contribution in [2.24, 2.45) is 0 Å². The fourth-order valence-electron chi connectivity index (χ4n) is 3.32. The number of rotatable bonds is 10. The van der Waals surface area contributed by atoms with Crippen molar-refractivity contribution in [1.82, 2.24) is 10.3 Å². The van der Waals surface area contributed by atoms with Gasteiger partial charge in [-0.3, -0.25) is 4.79 Å². The van der Waals surface area contributed by atoms with Crippen LogP contribution < -0.4 is 14.6 Å². The minimum atomic E-state index is -4.24. The Kier molecular flexibility index (Phi) is 7.17. The molecule has 0 fully saturated rings. The number of aryl methyl sites for hydroxylation is 1. The third-order valence-corrected chi connectivity index (χ3v) is 5.48. The highest BCUT2D eigenvalue weighted by Crippen LogP contribution is 2.24. The summed E-state index contributed by atoms with van der Waals surface area (Å²) in [4.78, 5) is 16.6. The lowest BCUT2D eigenvalue weighted by atomic mass is 10.2. The highest BCUT2D eigenvalue weighted by atomic mass is 32.2. The Morgan fingerprint density at radius 3 is 2.67 bits per heavy atom. The van der Waals surface area contributed by atoms with Crippen LogP contribution >= 0.6 is 0 Å². The maximum absolute atomic E-state index is 11.8. The highest BCUT2D eigenvalue weighted by Gasteiger charge is 2.17. The highest BCUT2D eigenvalue weighted by molar-refractivity contribution is 7.85. The van der Waals surface area contributed by atoms with E-state index in [0.717, 1.165) is 28.6 Å². The van der Waals surface area contributed by atoms with Crippen LogP contribution in [0.2, 0.25) is 0 Å². The monoisotopic (exact) mass is 431 g/mol. The number of carbonyl (C=O) groups excluding carboxylic acids is 1. The molecule has 0 unspecified atom stereocenters. The Labute approximate surface area is 175 Å². The van der Waals surface area contributed by atoms with Crippen LogP contribution in [0.5, 0.6) is 5.75 Å². The van der Waals surface area contributed by atoms with Gasteiger partial charge in [-0.2, -0.15) is 4.57 Å².